The minimum absolute atomic E-state index is 0.0671. The van der Waals surface area contributed by atoms with Crippen LogP contribution in [0.25, 0.3) is 0 Å². The number of carbonyl (C=O) groups excluding carboxylic acids is 2. The van der Waals surface area contributed by atoms with Crippen molar-refractivity contribution in [3.05, 3.63) is 12.3 Å². The van der Waals surface area contributed by atoms with E-state index >= 15 is 0 Å². The number of nitrogens with zero attached hydrogens (tertiary/aromatic N) is 2. The molecule has 2 rings (SSSR count). The maximum atomic E-state index is 13.4. The van der Waals surface area contributed by atoms with E-state index in [1.165, 1.54) is 0 Å². The molecule has 9 nitrogen and oxygen atoms in total. The van der Waals surface area contributed by atoms with Gasteiger partial charge in [0.05, 0.1) is 11.8 Å². The van der Waals surface area contributed by atoms with Crippen LogP contribution in [-0.2, 0) is 19.1 Å². The van der Waals surface area contributed by atoms with Crippen molar-refractivity contribution in [1.82, 2.24) is 15.1 Å². The molecule has 0 heterocycles. The number of aliphatic carboxylic acids is 1. The Morgan fingerprint density at radius 1 is 1.10 bits per heavy atom. The van der Waals surface area contributed by atoms with Crippen LogP contribution in [0.1, 0.15) is 59.3 Å². The Morgan fingerprint density at radius 3 is 2.28 bits per heavy atom. The lowest BCUT2D eigenvalue weighted by molar-refractivity contribution is -0.150. The maximum absolute atomic E-state index is 13.4. The first-order valence-electron chi connectivity index (χ1n) is 14.6. The van der Waals surface area contributed by atoms with Gasteiger partial charge in [-0.3, -0.25) is 14.4 Å². The minimum atomic E-state index is -0.740. The van der Waals surface area contributed by atoms with Gasteiger partial charge < -0.3 is 30.7 Å². The normalized spacial score (nSPS) is 26.0. The van der Waals surface area contributed by atoms with Crippen LogP contribution in [0, 0.1) is 46.8 Å². The minimum Gasteiger partial charge on any atom is -0.481 e. The number of carbonyl (C=O) groups is 3. The summed E-state index contributed by atoms with van der Waals surface area (Å²) in [5.41, 5.74) is 6.36. The van der Waals surface area contributed by atoms with Gasteiger partial charge in [0, 0.05) is 30.1 Å². The number of carboxylic acids is 1. The second-order valence-electron chi connectivity index (χ2n) is 13.3. The van der Waals surface area contributed by atoms with E-state index in [0.29, 0.717) is 37.6 Å². The van der Waals surface area contributed by atoms with Crippen LogP contribution in [0.4, 0.5) is 0 Å². The number of esters is 1. The topological polar surface area (TPSA) is 125 Å². The zero-order chi connectivity index (χ0) is 29.5. The SMILES string of the molecule is C=C(NCCCN(C)C)C(C)(C)CC(CC(CC1C(C)C2CC(C(=O)O)C1C2)C(N)=O)C(=O)OCCN(C)C. The lowest BCUT2D eigenvalue weighted by Gasteiger charge is -2.36. The number of carboxylic acid groups (broad SMARTS) is 1. The van der Waals surface area contributed by atoms with Crippen LogP contribution >= 0.6 is 0 Å². The highest BCUT2D eigenvalue weighted by atomic mass is 16.5. The molecular formula is C30H54N4O5. The summed E-state index contributed by atoms with van der Waals surface area (Å²) in [7, 11) is 7.92. The zero-order valence-corrected chi connectivity index (χ0v) is 25.4. The lowest BCUT2D eigenvalue weighted by Crippen LogP contribution is -2.38. The lowest BCUT2D eigenvalue weighted by atomic mass is 9.69. The first kappa shape index (κ1) is 33.1. The van der Waals surface area contributed by atoms with Gasteiger partial charge in [-0.15, -0.1) is 0 Å². The Balaban J connectivity index is 2.15. The highest BCUT2D eigenvalue weighted by Gasteiger charge is 2.53. The second kappa shape index (κ2) is 14.5. The number of allylic oxidation sites excluding steroid dienone is 1. The van der Waals surface area contributed by atoms with Crippen LogP contribution in [0.3, 0.4) is 0 Å². The van der Waals surface area contributed by atoms with Gasteiger partial charge in [0.25, 0.3) is 0 Å². The highest BCUT2D eigenvalue weighted by Crippen LogP contribution is 2.57. The smallest absolute Gasteiger partial charge is 0.309 e. The molecule has 9 heteroatoms. The predicted octanol–water partition coefficient (Wildman–Crippen LogP) is 3.05. The van der Waals surface area contributed by atoms with Crippen molar-refractivity contribution in [3.63, 3.8) is 0 Å². The second-order valence-corrected chi connectivity index (χ2v) is 13.3. The third-order valence-corrected chi connectivity index (χ3v) is 9.27. The number of amides is 1. The van der Waals surface area contributed by atoms with E-state index in [1.54, 1.807) is 0 Å². The van der Waals surface area contributed by atoms with E-state index in [-0.39, 0.29) is 30.3 Å². The average Bonchev–Trinajstić information content (AvgIpc) is 3.39. The van der Waals surface area contributed by atoms with Crippen LogP contribution in [0.5, 0.6) is 0 Å². The molecule has 7 unspecified atom stereocenters. The van der Waals surface area contributed by atoms with Crippen molar-refractivity contribution in [1.29, 1.82) is 0 Å². The molecule has 2 aliphatic rings. The van der Waals surface area contributed by atoms with Crippen LogP contribution in [-0.4, -0.2) is 87.2 Å². The number of nitrogens with one attached hydrogen (secondary N) is 1. The summed E-state index contributed by atoms with van der Waals surface area (Å²) in [6, 6.07) is 0. The Kier molecular flexibility index (Phi) is 12.3. The van der Waals surface area contributed by atoms with Gasteiger partial charge in [-0.25, -0.2) is 0 Å². The number of hydrogen-bond donors (Lipinski definition) is 3. The molecule has 0 saturated heterocycles. The molecule has 2 fully saturated rings. The predicted molar refractivity (Wildman–Crippen MR) is 154 cm³/mol. The van der Waals surface area contributed by atoms with Gasteiger partial charge >= 0.3 is 11.9 Å². The average molecular weight is 551 g/mol. The first-order chi connectivity index (χ1) is 18.1. The number of primary amides is 1. The molecule has 0 aromatic heterocycles. The molecule has 7 atom stereocenters. The molecule has 2 aliphatic carbocycles. The van der Waals surface area contributed by atoms with Crippen molar-refractivity contribution < 1.29 is 24.2 Å². The standard InChI is InChI=1S/C30H54N4O5/c1-19-21-15-25(26(16-21)28(36)37)24(19)17-22(27(31)35)14-23(29(38)39-13-12-34(7)8)18-30(3,4)20(2)32-10-9-11-33(5)6/h19,21-26,32H,2,9-18H2,1,3-8H3,(H2,31,35)(H,36,37). The quantitative estimate of drug-likeness (QED) is 0.176. The maximum Gasteiger partial charge on any atom is 0.309 e. The van der Waals surface area contributed by atoms with E-state index in [0.717, 1.165) is 38.0 Å². The summed E-state index contributed by atoms with van der Waals surface area (Å²) in [5.74, 6) is -1.97. The summed E-state index contributed by atoms with van der Waals surface area (Å²) in [6.45, 7) is 13.2. The molecule has 0 aromatic rings. The van der Waals surface area contributed by atoms with Crippen LogP contribution < -0.4 is 11.1 Å². The van der Waals surface area contributed by atoms with Crippen molar-refractivity contribution in [2.24, 2.45) is 52.6 Å². The van der Waals surface area contributed by atoms with Gasteiger partial charge in [0.15, 0.2) is 0 Å². The van der Waals surface area contributed by atoms with E-state index in [2.05, 4.69) is 37.6 Å². The Morgan fingerprint density at radius 2 is 1.74 bits per heavy atom. The summed E-state index contributed by atoms with van der Waals surface area (Å²) in [5, 5.41) is 13.2. The van der Waals surface area contributed by atoms with Gasteiger partial charge in [0.1, 0.15) is 6.61 Å². The zero-order valence-electron chi connectivity index (χ0n) is 25.4. The Labute approximate surface area is 235 Å². The molecule has 4 N–H and O–H groups in total. The number of rotatable bonds is 18. The van der Waals surface area contributed by atoms with Gasteiger partial charge in [-0.2, -0.15) is 0 Å². The van der Waals surface area contributed by atoms with E-state index in [1.807, 2.05) is 33.1 Å². The van der Waals surface area contributed by atoms with Crippen molar-refractivity contribution in [2.75, 3.05) is 54.4 Å². The Hall–Kier alpha value is -2.13. The fourth-order valence-corrected chi connectivity index (χ4v) is 6.75. The van der Waals surface area contributed by atoms with Crippen LogP contribution in [0.15, 0.2) is 12.3 Å². The van der Waals surface area contributed by atoms with Crippen LogP contribution in [0.2, 0.25) is 0 Å². The fraction of sp³-hybridized carbons (Fsp3) is 0.833. The fourth-order valence-electron chi connectivity index (χ4n) is 6.75. The first-order valence-corrected chi connectivity index (χ1v) is 14.6. The number of fused-ring (bicyclic) bond motifs is 2. The molecule has 39 heavy (non-hydrogen) atoms. The number of likely N-dealkylation sites (N-methyl/N-ethyl adjacent to an activating group) is 1. The molecule has 2 saturated carbocycles. The molecule has 2 bridgehead atoms. The number of hydrogen-bond acceptors (Lipinski definition) is 7. The summed E-state index contributed by atoms with van der Waals surface area (Å²) in [4.78, 5) is 42.0. The molecule has 1 amide bonds. The summed E-state index contributed by atoms with van der Waals surface area (Å²) >= 11 is 0. The molecule has 224 valence electrons. The molecule has 0 aromatic carbocycles. The highest BCUT2D eigenvalue weighted by molar-refractivity contribution is 5.78. The van der Waals surface area contributed by atoms with Gasteiger partial charge in [0.2, 0.25) is 5.91 Å². The van der Waals surface area contributed by atoms with E-state index in [4.69, 9.17) is 10.5 Å². The largest absolute Gasteiger partial charge is 0.481 e. The monoisotopic (exact) mass is 550 g/mol. The molecule has 0 aliphatic heterocycles. The van der Waals surface area contributed by atoms with E-state index < -0.39 is 29.1 Å². The van der Waals surface area contributed by atoms with Gasteiger partial charge in [-0.1, -0.05) is 27.4 Å². The molecular weight excluding hydrogens is 496 g/mol. The van der Waals surface area contributed by atoms with Crippen molar-refractivity contribution in [3.8, 4) is 0 Å². The summed E-state index contributed by atoms with van der Waals surface area (Å²) < 4.78 is 5.67. The molecule has 0 spiro atoms. The number of nitrogens with two attached hydrogens (primary N) is 1. The van der Waals surface area contributed by atoms with Gasteiger partial charge in [-0.05, 0) is 96.9 Å². The third kappa shape index (κ3) is 9.48. The van der Waals surface area contributed by atoms with E-state index in [9.17, 15) is 19.5 Å². The number of ether oxygens (including phenoxy) is 1. The third-order valence-electron chi connectivity index (χ3n) is 9.27. The van der Waals surface area contributed by atoms with Crippen molar-refractivity contribution in [2.45, 2.75) is 59.3 Å². The summed E-state index contributed by atoms with van der Waals surface area (Å²) in [6.07, 6.45) is 3.88. The molecule has 0 radical (unpaired) electrons. The Bertz CT molecular complexity index is 858. The van der Waals surface area contributed by atoms with Crippen molar-refractivity contribution >= 4 is 17.8 Å².